The fourth-order valence-electron chi connectivity index (χ4n) is 3.71. The molecule has 1 amide bonds. The number of thiazole rings is 1. The number of carbonyl (C=O) groups excluding carboxylic acids is 1. The standard InChI is InChI=1S/C23H33N5O3S.ClH/c1-8-26(9-2)12-13-27(22(29)17-14-16(5)28(25-17)15(3)4)23-24-20-18(30-6)10-11-19(31-7)21(20)32-23;/h10-11,14-15H,8-9,12-13H2,1-7H3;1H. The van der Waals surface area contributed by atoms with Gasteiger partial charge in [-0.25, -0.2) is 4.98 Å². The molecule has 3 aromatic rings. The number of nitrogens with zero attached hydrogens (tertiary/aromatic N) is 5. The first-order valence-electron chi connectivity index (χ1n) is 11.0. The molecule has 0 aliphatic rings. The molecule has 1 aromatic carbocycles. The van der Waals surface area contributed by atoms with Gasteiger partial charge in [0.25, 0.3) is 5.91 Å². The summed E-state index contributed by atoms with van der Waals surface area (Å²) in [5, 5.41) is 5.19. The van der Waals surface area contributed by atoms with Crippen molar-refractivity contribution in [2.75, 3.05) is 45.3 Å². The normalized spacial score (nSPS) is 11.2. The first-order valence-corrected chi connectivity index (χ1v) is 11.8. The van der Waals surface area contributed by atoms with E-state index in [-0.39, 0.29) is 24.4 Å². The predicted octanol–water partition coefficient (Wildman–Crippen LogP) is 4.81. The molecular weight excluding hydrogens is 462 g/mol. The van der Waals surface area contributed by atoms with E-state index in [0.717, 1.165) is 30.0 Å². The van der Waals surface area contributed by atoms with E-state index in [9.17, 15) is 4.79 Å². The monoisotopic (exact) mass is 495 g/mol. The number of carbonyl (C=O) groups is 1. The Labute approximate surface area is 205 Å². The number of rotatable bonds is 10. The summed E-state index contributed by atoms with van der Waals surface area (Å²) in [6.07, 6.45) is 0. The first kappa shape index (κ1) is 26.9. The maximum absolute atomic E-state index is 13.6. The van der Waals surface area contributed by atoms with Gasteiger partial charge < -0.3 is 14.4 Å². The zero-order valence-electron chi connectivity index (χ0n) is 20.4. The Morgan fingerprint density at radius 3 is 2.30 bits per heavy atom. The summed E-state index contributed by atoms with van der Waals surface area (Å²) in [6.45, 7) is 13.4. The molecule has 0 saturated heterocycles. The fraction of sp³-hybridized carbons (Fsp3) is 0.522. The minimum atomic E-state index is -0.156. The molecule has 3 rings (SSSR count). The summed E-state index contributed by atoms with van der Waals surface area (Å²) in [4.78, 5) is 22.5. The van der Waals surface area contributed by atoms with Gasteiger partial charge in [-0.05, 0) is 52.1 Å². The minimum absolute atomic E-state index is 0. The highest BCUT2D eigenvalue weighted by molar-refractivity contribution is 7.22. The number of likely N-dealkylation sites (N-methyl/N-ethyl adjacent to an activating group) is 1. The Hall–Kier alpha value is -2.36. The van der Waals surface area contributed by atoms with Crippen LogP contribution in [0.15, 0.2) is 18.2 Å². The van der Waals surface area contributed by atoms with Gasteiger partial charge in [-0.1, -0.05) is 25.2 Å². The van der Waals surface area contributed by atoms with E-state index in [4.69, 9.17) is 14.5 Å². The van der Waals surface area contributed by atoms with Gasteiger partial charge in [-0.3, -0.25) is 14.4 Å². The highest BCUT2D eigenvalue weighted by Gasteiger charge is 2.26. The molecule has 0 unspecified atom stereocenters. The second-order valence-electron chi connectivity index (χ2n) is 7.84. The van der Waals surface area contributed by atoms with E-state index < -0.39 is 0 Å². The molecule has 0 N–H and O–H groups in total. The van der Waals surface area contributed by atoms with Crippen LogP contribution in [0.5, 0.6) is 11.5 Å². The first-order chi connectivity index (χ1) is 15.3. The van der Waals surface area contributed by atoms with Crippen LogP contribution in [0.25, 0.3) is 10.2 Å². The molecule has 182 valence electrons. The van der Waals surface area contributed by atoms with E-state index >= 15 is 0 Å². The molecule has 0 fully saturated rings. The Balaban J connectivity index is 0.00000385. The lowest BCUT2D eigenvalue weighted by molar-refractivity contribution is 0.0978. The van der Waals surface area contributed by atoms with Crippen LogP contribution in [0.3, 0.4) is 0 Å². The maximum atomic E-state index is 13.6. The number of aromatic nitrogens is 3. The molecule has 0 aliphatic carbocycles. The van der Waals surface area contributed by atoms with E-state index in [1.807, 2.05) is 29.8 Å². The zero-order chi connectivity index (χ0) is 23.4. The van der Waals surface area contributed by atoms with Crippen molar-refractivity contribution in [3.05, 3.63) is 29.6 Å². The minimum Gasteiger partial charge on any atom is -0.495 e. The number of benzene rings is 1. The number of aryl methyl sites for hydroxylation is 1. The molecule has 0 radical (unpaired) electrons. The lowest BCUT2D eigenvalue weighted by atomic mass is 10.3. The number of methoxy groups -OCH3 is 2. The molecule has 0 aliphatic heterocycles. The van der Waals surface area contributed by atoms with Crippen molar-refractivity contribution in [2.24, 2.45) is 0 Å². The molecule has 0 saturated carbocycles. The fourth-order valence-corrected chi connectivity index (χ4v) is 4.81. The number of hydrogen-bond donors (Lipinski definition) is 0. The van der Waals surface area contributed by atoms with E-state index in [2.05, 4.69) is 37.7 Å². The van der Waals surface area contributed by atoms with Gasteiger partial charge >= 0.3 is 0 Å². The summed E-state index contributed by atoms with van der Waals surface area (Å²) in [7, 11) is 3.25. The van der Waals surface area contributed by atoms with Crippen LogP contribution in [0.2, 0.25) is 0 Å². The van der Waals surface area contributed by atoms with Crippen LogP contribution in [-0.4, -0.2) is 66.0 Å². The Bertz CT molecular complexity index is 1040. The number of halogens is 1. The van der Waals surface area contributed by atoms with E-state index in [1.54, 1.807) is 19.1 Å². The lowest BCUT2D eigenvalue weighted by Gasteiger charge is -2.24. The Kier molecular flexibility index (Phi) is 9.51. The third-order valence-corrected chi connectivity index (χ3v) is 6.63. The number of amides is 1. The third-order valence-electron chi connectivity index (χ3n) is 5.54. The van der Waals surface area contributed by atoms with Gasteiger partial charge in [0, 0.05) is 24.8 Å². The van der Waals surface area contributed by atoms with Gasteiger partial charge in [-0.2, -0.15) is 5.10 Å². The zero-order valence-corrected chi connectivity index (χ0v) is 22.0. The van der Waals surface area contributed by atoms with Crippen LogP contribution in [-0.2, 0) is 0 Å². The summed E-state index contributed by atoms with van der Waals surface area (Å²) in [5.74, 6) is 1.21. The van der Waals surface area contributed by atoms with Gasteiger partial charge in [0.1, 0.15) is 21.7 Å². The highest BCUT2D eigenvalue weighted by atomic mass is 35.5. The molecule has 0 atom stereocenters. The van der Waals surface area contributed by atoms with Crippen LogP contribution in [0.4, 0.5) is 5.13 Å². The number of fused-ring (bicyclic) bond motifs is 1. The molecular formula is C23H34ClN5O3S. The molecule has 2 aromatic heterocycles. The average Bonchev–Trinajstić information content (AvgIpc) is 3.40. The molecule has 10 heteroatoms. The van der Waals surface area contributed by atoms with Gasteiger partial charge in [0.05, 0.1) is 14.2 Å². The van der Waals surface area contributed by atoms with Crippen LogP contribution in [0.1, 0.15) is 49.9 Å². The number of ether oxygens (including phenoxy) is 2. The Morgan fingerprint density at radius 2 is 1.76 bits per heavy atom. The van der Waals surface area contributed by atoms with Crippen molar-refractivity contribution in [3.8, 4) is 11.5 Å². The second kappa shape index (κ2) is 11.7. The summed E-state index contributed by atoms with van der Waals surface area (Å²) in [5.41, 5.74) is 2.07. The molecule has 0 bridgehead atoms. The number of anilines is 1. The average molecular weight is 496 g/mol. The topological polar surface area (TPSA) is 72.7 Å². The lowest BCUT2D eigenvalue weighted by Crippen LogP contribution is -2.39. The molecule has 33 heavy (non-hydrogen) atoms. The largest absolute Gasteiger partial charge is 0.495 e. The molecule has 8 nitrogen and oxygen atoms in total. The van der Waals surface area contributed by atoms with Crippen molar-refractivity contribution >= 4 is 45.0 Å². The third kappa shape index (κ3) is 5.59. The van der Waals surface area contributed by atoms with Crippen molar-refractivity contribution in [1.29, 1.82) is 0 Å². The van der Waals surface area contributed by atoms with Crippen LogP contribution >= 0.6 is 23.7 Å². The van der Waals surface area contributed by atoms with Crippen LogP contribution < -0.4 is 14.4 Å². The van der Waals surface area contributed by atoms with Crippen molar-refractivity contribution in [2.45, 2.75) is 40.7 Å². The quantitative estimate of drug-likeness (QED) is 0.402. The van der Waals surface area contributed by atoms with Crippen LogP contribution in [0, 0.1) is 6.92 Å². The highest BCUT2D eigenvalue weighted by Crippen LogP contribution is 2.40. The van der Waals surface area contributed by atoms with Gasteiger partial charge in [-0.15, -0.1) is 12.4 Å². The van der Waals surface area contributed by atoms with Crippen molar-refractivity contribution < 1.29 is 14.3 Å². The second-order valence-corrected chi connectivity index (χ2v) is 8.81. The van der Waals surface area contributed by atoms with Gasteiger partial charge in [0.15, 0.2) is 10.8 Å². The SMILES string of the molecule is CCN(CC)CCN(C(=O)c1cc(C)n(C(C)C)n1)c1nc2c(OC)ccc(OC)c2s1.Cl. The smallest absolute Gasteiger partial charge is 0.280 e. The van der Waals surface area contributed by atoms with Crippen molar-refractivity contribution in [1.82, 2.24) is 19.7 Å². The predicted molar refractivity (Wildman–Crippen MR) is 137 cm³/mol. The number of hydrogen-bond acceptors (Lipinski definition) is 7. The molecule has 2 heterocycles. The molecule has 0 spiro atoms. The summed E-state index contributed by atoms with van der Waals surface area (Å²) in [6, 6.07) is 5.72. The van der Waals surface area contributed by atoms with E-state index in [1.165, 1.54) is 11.3 Å². The Morgan fingerprint density at radius 1 is 1.12 bits per heavy atom. The maximum Gasteiger partial charge on any atom is 0.280 e. The summed E-state index contributed by atoms with van der Waals surface area (Å²) >= 11 is 1.43. The van der Waals surface area contributed by atoms with Crippen molar-refractivity contribution in [3.63, 3.8) is 0 Å². The van der Waals surface area contributed by atoms with Gasteiger partial charge in [0.2, 0.25) is 0 Å². The van der Waals surface area contributed by atoms with E-state index in [0.29, 0.717) is 34.4 Å². The summed E-state index contributed by atoms with van der Waals surface area (Å²) < 4.78 is 13.8.